The van der Waals surface area contributed by atoms with Gasteiger partial charge in [0.05, 0.1) is 6.42 Å². The Hall–Kier alpha value is -3.60. The molecule has 0 bridgehead atoms. The number of H-pyrrole nitrogens is 1. The lowest BCUT2D eigenvalue weighted by Gasteiger charge is -2.07. The van der Waals surface area contributed by atoms with Gasteiger partial charge in [0.25, 0.3) is 5.91 Å². The van der Waals surface area contributed by atoms with Gasteiger partial charge in [-0.15, -0.1) is 0 Å². The molecule has 0 saturated carbocycles. The summed E-state index contributed by atoms with van der Waals surface area (Å²) in [5.41, 5.74) is 8.09. The molecule has 4 aromatic rings. The third-order valence-corrected chi connectivity index (χ3v) is 4.57. The molecule has 5 heteroatoms. The largest absolute Gasteiger partial charge is 0.364 e. The van der Waals surface area contributed by atoms with Crippen molar-refractivity contribution in [2.24, 2.45) is 5.73 Å². The number of nitrogens with one attached hydrogen (secondary N) is 2. The summed E-state index contributed by atoms with van der Waals surface area (Å²) < 4.78 is 0. The van der Waals surface area contributed by atoms with Crippen LogP contribution in [0.15, 0.2) is 66.7 Å². The van der Waals surface area contributed by atoms with Crippen molar-refractivity contribution in [1.82, 2.24) is 4.98 Å². The summed E-state index contributed by atoms with van der Waals surface area (Å²) in [6, 6.07) is 21.3. The summed E-state index contributed by atoms with van der Waals surface area (Å²) in [7, 11) is 0. The van der Waals surface area contributed by atoms with Gasteiger partial charge in [0.15, 0.2) is 0 Å². The maximum atomic E-state index is 12.4. The Morgan fingerprint density at radius 3 is 2.52 bits per heavy atom. The summed E-state index contributed by atoms with van der Waals surface area (Å²) in [4.78, 5) is 27.1. The molecule has 133 valence electrons. The highest BCUT2D eigenvalue weighted by atomic mass is 16.2. The standard InChI is InChI=1S/C22H18N3O2/c23-22(27)21-18(17-7-3-4-8-19(17)25-21)11-12-20(26)24-16-10-9-14-5-1-2-6-15(14)13-16/h1-10,12-13,25H,11H2,(H2,23,27)(H,24,26). The summed E-state index contributed by atoms with van der Waals surface area (Å²) in [5.74, 6) is -0.768. The second-order valence-electron chi connectivity index (χ2n) is 6.35. The van der Waals surface area contributed by atoms with Crippen molar-refractivity contribution in [3.63, 3.8) is 0 Å². The van der Waals surface area contributed by atoms with Crippen LogP contribution < -0.4 is 11.1 Å². The monoisotopic (exact) mass is 356 g/mol. The highest BCUT2D eigenvalue weighted by Gasteiger charge is 2.16. The van der Waals surface area contributed by atoms with E-state index in [4.69, 9.17) is 5.73 Å². The second-order valence-corrected chi connectivity index (χ2v) is 6.35. The topological polar surface area (TPSA) is 88.0 Å². The van der Waals surface area contributed by atoms with E-state index in [2.05, 4.69) is 10.3 Å². The van der Waals surface area contributed by atoms with Crippen LogP contribution in [0.4, 0.5) is 5.69 Å². The molecule has 3 aromatic carbocycles. The van der Waals surface area contributed by atoms with Crippen LogP contribution in [0.5, 0.6) is 0 Å². The number of aromatic nitrogens is 1. The molecule has 27 heavy (non-hydrogen) atoms. The first-order valence-electron chi connectivity index (χ1n) is 8.64. The van der Waals surface area contributed by atoms with E-state index in [0.717, 1.165) is 32.9 Å². The Balaban J connectivity index is 1.51. The van der Waals surface area contributed by atoms with Gasteiger partial charge in [-0.05, 0) is 41.0 Å². The SMILES string of the molecule is NC(=O)c1[nH]c2ccccc2c1C[CH]C(=O)Nc1ccc2ccccc2c1. The lowest BCUT2D eigenvalue weighted by molar-refractivity contribution is -0.113. The van der Waals surface area contributed by atoms with Gasteiger partial charge in [0, 0.05) is 16.6 Å². The lowest BCUT2D eigenvalue weighted by Crippen LogP contribution is -2.16. The van der Waals surface area contributed by atoms with Crippen molar-refractivity contribution in [2.75, 3.05) is 5.32 Å². The maximum Gasteiger partial charge on any atom is 0.265 e. The number of aromatic amines is 1. The van der Waals surface area contributed by atoms with E-state index < -0.39 is 5.91 Å². The normalized spacial score (nSPS) is 11.0. The van der Waals surface area contributed by atoms with E-state index in [9.17, 15) is 9.59 Å². The molecular weight excluding hydrogens is 338 g/mol. The van der Waals surface area contributed by atoms with Gasteiger partial charge in [-0.25, -0.2) is 0 Å². The van der Waals surface area contributed by atoms with Crippen LogP contribution in [0.25, 0.3) is 21.7 Å². The predicted molar refractivity (Wildman–Crippen MR) is 107 cm³/mol. The van der Waals surface area contributed by atoms with Crippen molar-refractivity contribution >= 4 is 39.2 Å². The van der Waals surface area contributed by atoms with Crippen LogP contribution in [-0.2, 0) is 11.2 Å². The number of primary amides is 1. The van der Waals surface area contributed by atoms with Crippen molar-refractivity contribution in [1.29, 1.82) is 0 Å². The molecule has 0 aliphatic carbocycles. The van der Waals surface area contributed by atoms with Gasteiger partial charge in [-0.1, -0.05) is 48.5 Å². The van der Waals surface area contributed by atoms with Crippen molar-refractivity contribution in [3.8, 4) is 0 Å². The Labute approximate surface area is 156 Å². The second kappa shape index (κ2) is 6.96. The fourth-order valence-corrected chi connectivity index (χ4v) is 3.28. The zero-order chi connectivity index (χ0) is 18.8. The summed E-state index contributed by atoms with van der Waals surface area (Å²) >= 11 is 0. The minimum atomic E-state index is -0.537. The third-order valence-electron chi connectivity index (χ3n) is 4.57. The number of carbonyl (C=O) groups excluding carboxylic acids is 2. The fraction of sp³-hybridized carbons (Fsp3) is 0.0455. The lowest BCUT2D eigenvalue weighted by atomic mass is 10.0. The number of fused-ring (bicyclic) bond motifs is 2. The smallest absolute Gasteiger partial charge is 0.265 e. The average Bonchev–Trinajstić information content (AvgIpc) is 3.05. The zero-order valence-corrected chi connectivity index (χ0v) is 14.5. The zero-order valence-electron chi connectivity index (χ0n) is 14.5. The molecule has 0 aliphatic rings. The van der Waals surface area contributed by atoms with Crippen LogP contribution in [0.2, 0.25) is 0 Å². The minimum absolute atomic E-state index is 0.231. The van der Waals surface area contributed by atoms with Crippen LogP contribution in [0.3, 0.4) is 0 Å². The molecule has 1 radical (unpaired) electrons. The number of rotatable bonds is 5. The number of amides is 2. The molecule has 1 aromatic heterocycles. The molecule has 4 N–H and O–H groups in total. The van der Waals surface area contributed by atoms with Gasteiger partial charge in [0.2, 0.25) is 5.91 Å². The molecular formula is C22H18N3O2. The molecule has 0 atom stereocenters. The molecule has 5 nitrogen and oxygen atoms in total. The Morgan fingerprint density at radius 1 is 0.963 bits per heavy atom. The average molecular weight is 356 g/mol. The summed E-state index contributed by atoms with van der Waals surface area (Å²) in [5, 5.41) is 5.94. The van der Waals surface area contributed by atoms with Gasteiger partial charge in [-0.3, -0.25) is 9.59 Å². The van der Waals surface area contributed by atoms with E-state index in [1.807, 2.05) is 66.7 Å². The van der Waals surface area contributed by atoms with Gasteiger partial charge in [-0.2, -0.15) is 0 Å². The highest BCUT2D eigenvalue weighted by Crippen LogP contribution is 2.24. The third kappa shape index (κ3) is 3.40. The highest BCUT2D eigenvalue weighted by molar-refractivity contribution is 6.02. The molecule has 0 fully saturated rings. The number of benzene rings is 3. The Morgan fingerprint density at radius 2 is 1.70 bits per heavy atom. The number of nitrogens with two attached hydrogens (primary N) is 1. The van der Waals surface area contributed by atoms with Gasteiger partial charge in [0.1, 0.15) is 5.69 Å². The first-order valence-corrected chi connectivity index (χ1v) is 8.64. The quantitative estimate of drug-likeness (QED) is 0.508. The van der Waals surface area contributed by atoms with E-state index in [-0.39, 0.29) is 5.91 Å². The van der Waals surface area contributed by atoms with E-state index in [1.165, 1.54) is 6.42 Å². The number of hydrogen-bond acceptors (Lipinski definition) is 2. The van der Waals surface area contributed by atoms with Crippen molar-refractivity contribution in [3.05, 3.63) is 84.4 Å². The molecule has 2 amide bonds. The Bertz CT molecular complexity index is 1160. The predicted octanol–water partition coefficient (Wildman–Crippen LogP) is 3.81. The van der Waals surface area contributed by atoms with Crippen molar-refractivity contribution < 1.29 is 9.59 Å². The molecule has 4 rings (SSSR count). The molecule has 1 heterocycles. The number of carbonyl (C=O) groups is 2. The maximum absolute atomic E-state index is 12.4. The molecule has 0 unspecified atom stereocenters. The van der Waals surface area contributed by atoms with Gasteiger partial charge >= 0.3 is 0 Å². The van der Waals surface area contributed by atoms with E-state index in [1.54, 1.807) is 0 Å². The molecule has 0 aliphatic heterocycles. The summed E-state index contributed by atoms with van der Waals surface area (Å²) in [6.07, 6.45) is 1.83. The fourth-order valence-electron chi connectivity index (χ4n) is 3.28. The minimum Gasteiger partial charge on any atom is -0.364 e. The Kier molecular flexibility index (Phi) is 4.34. The van der Waals surface area contributed by atoms with E-state index >= 15 is 0 Å². The van der Waals surface area contributed by atoms with Gasteiger partial charge < -0.3 is 16.0 Å². The number of hydrogen-bond donors (Lipinski definition) is 3. The van der Waals surface area contributed by atoms with Crippen LogP contribution >= 0.6 is 0 Å². The van der Waals surface area contributed by atoms with Crippen LogP contribution in [0.1, 0.15) is 16.1 Å². The molecule has 0 saturated heterocycles. The number of anilines is 1. The first-order chi connectivity index (χ1) is 13.1. The summed E-state index contributed by atoms with van der Waals surface area (Å²) in [6.45, 7) is 0. The van der Waals surface area contributed by atoms with Crippen molar-refractivity contribution in [2.45, 2.75) is 6.42 Å². The number of para-hydroxylation sites is 1. The van der Waals surface area contributed by atoms with Crippen LogP contribution in [0, 0.1) is 6.42 Å². The first kappa shape index (κ1) is 16.8. The van der Waals surface area contributed by atoms with E-state index in [0.29, 0.717) is 12.1 Å². The van der Waals surface area contributed by atoms with Crippen LogP contribution in [-0.4, -0.2) is 16.8 Å². The molecule has 0 spiro atoms.